The Labute approximate surface area is 135 Å². The van der Waals surface area contributed by atoms with Gasteiger partial charge in [0.2, 0.25) is 0 Å². The standard InChI is InChI=1S/C19H21NO3/c21-18(16-8-7-14-5-1-2-6-15(14)11-16)20-12-17-13-22-19(23-17)9-3-4-10-19/h1-2,5-8,11,17H,3-4,9-10,12-13H2,(H,20,21). The van der Waals surface area contributed by atoms with Gasteiger partial charge in [0.25, 0.3) is 5.91 Å². The predicted octanol–water partition coefficient (Wildman–Crippen LogP) is 3.26. The molecular formula is C19H21NO3. The molecule has 4 heteroatoms. The molecule has 1 amide bonds. The fourth-order valence-corrected chi connectivity index (χ4v) is 3.53. The van der Waals surface area contributed by atoms with E-state index < -0.39 is 0 Å². The van der Waals surface area contributed by atoms with Crippen molar-refractivity contribution in [1.82, 2.24) is 5.32 Å². The molecule has 2 aromatic rings. The average molecular weight is 311 g/mol. The third kappa shape index (κ3) is 2.96. The molecule has 1 aliphatic heterocycles. The Balaban J connectivity index is 1.38. The first-order valence-corrected chi connectivity index (χ1v) is 8.33. The second-order valence-corrected chi connectivity index (χ2v) is 6.44. The van der Waals surface area contributed by atoms with E-state index in [0.717, 1.165) is 36.5 Å². The summed E-state index contributed by atoms with van der Waals surface area (Å²) in [5.74, 6) is -0.426. The molecule has 1 N–H and O–H groups in total. The summed E-state index contributed by atoms with van der Waals surface area (Å²) in [6, 6.07) is 13.8. The van der Waals surface area contributed by atoms with E-state index in [0.29, 0.717) is 18.7 Å². The zero-order chi connectivity index (χ0) is 15.7. The molecule has 1 aliphatic carbocycles. The van der Waals surface area contributed by atoms with Crippen LogP contribution in [0.25, 0.3) is 10.8 Å². The third-order valence-corrected chi connectivity index (χ3v) is 4.78. The van der Waals surface area contributed by atoms with Crippen LogP contribution in [0.1, 0.15) is 36.0 Å². The number of benzene rings is 2. The summed E-state index contributed by atoms with van der Waals surface area (Å²) in [5, 5.41) is 5.18. The van der Waals surface area contributed by atoms with E-state index in [4.69, 9.17) is 9.47 Å². The van der Waals surface area contributed by atoms with Gasteiger partial charge in [-0.3, -0.25) is 4.79 Å². The van der Waals surface area contributed by atoms with Crippen LogP contribution >= 0.6 is 0 Å². The highest BCUT2D eigenvalue weighted by atomic mass is 16.7. The van der Waals surface area contributed by atoms with Crippen LogP contribution in [0, 0.1) is 0 Å². The summed E-state index contributed by atoms with van der Waals surface area (Å²) >= 11 is 0. The molecule has 120 valence electrons. The molecule has 1 unspecified atom stereocenters. The van der Waals surface area contributed by atoms with Gasteiger partial charge in [0.05, 0.1) is 6.61 Å². The number of hydrogen-bond donors (Lipinski definition) is 1. The third-order valence-electron chi connectivity index (χ3n) is 4.78. The highest BCUT2D eigenvalue weighted by molar-refractivity contribution is 5.98. The van der Waals surface area contributed by atoms with Gasteiger partial charge in [-0.05, 0) is 35.7 Å². The van der Waals surface area contributed by atoms with Gasteiger partial charge in [0, 0.05) is 24.9 Å². The van der Waals surface area contributed by atoms with E-state index in [1.165, 1.54) is 0 Å². The van der Waals surface area contributed by atoms with Crippen LogP contribution in [0.5, 0.6) is 0 Å². The summed E-state index contributed by atoms with van der Waals surface area (Å²) in [4.78, 5) is 12.4. The van der Waals surface area contributed by atoms with Crippen molar-refractivity contribution in [3.63, 3.8) is 0 Å². The smallest absolute Gasteiger partial charge is 0.251 e. The minimum Gasteiger partial charge on any atom is -0.349 e. The molecule has 4 nitrogen and oxygen atoms in total. The molecule has 0 radical (unpaired) electrons. The van der Waals surface area contributed by atoms with Crippen LogP contribution in [0.3, 0.4) is 0 Å². The topological polar surface area (TPSA) is 47.6 Å². The van der Waals surface area contributed by atoms with Gasteiger partial charge in [-0.1, -0.05) is 30.3 Å². The highest BCUT2D eigenvalue weighted by Gasteiger charge is 2.43. The molecule has 1 saturated carbocycles. The molecule has 23 heavy (non-hydrogen) atoms. The molecule has 2 fully saturated rings. The molecule has 0 bridgehead atoms. The molecule has 1 heterocycles. The molecular weight excluding hydrogens is 290 g/mol. The van der Waals surface area contributed by atoms with E-state index in [1.807, 2.05) is 42.5 Å². The number of fused-ring (bicyclic) bond motifs is 1. The Morgan fingerprint density at radius 3 is 2.74 bits per heavy atom. The number of carbonyl (C=O) groups is 1. The quantitative estimate of drug-likeness (QED) is 0.946. The van der Waals surface area contributed by atoms with Crippen molar-refractivity contribution in [2.45, 2.75) is 37.6 Å². The van der Waals surface area contributed by atoms with Crippen LogP contribution in [-0.2, 0) is 9.47 Å². The molecule has 0 aromatic heterocycles. The van der Waals surface area contributed by atoms with Crippen molar-refractivity contribution in [3.8, 4) is 0 Å². The first-order valence-electron chi connectivity index (χ1n) is 8.33. The Kier molecular flexibility index (Phi) is 3.79. The maximum atomic E-state index is 12.4. The molecule has 1 saturated heterocycles. The van der Waals surface area contributed by atoms with E-state index in [2.05, 4.69) is 5.32 Å². The predicted molar refractivity (Wildman–Crippen MR) is 88.3 cm³/mol. The Morgan fingerprint density at radius 1 is 1.13 bits per heavy atom. The van der Waals surface area contributed by atoms with Crippen molar-refractivity contribution in [3.05, 3.63) is 48.0 Å². The zero-order valence-corrected chi connectivity index (χ0v) is 13.1. The van der Waals surface area contributed by atoms with Crippen molar-refractivity contribution in [1.29, 1.82) is 0 Å². The largest absolute Gasteiger partial charge is 0.349 e. The zero-order valence-electron chi connectivity index (χ0n) is 13.1. The lowest BCUT2D eigenvalue weighted by Crippen LogP contribution is -2.35. The number of nitrogens with one attached hydrogen (secondary N) is 1. The summed E-state index contributed by atoms with van der Waals surface area (Å²) in [7, 11) is 0. The Hall–Kier alpha value is -1.91. The number of amides is 1. The molecule has 2 aromatic carbocycles. The maximum absolute atomic E-state index is 12.4. The minimum absolute atomic E-state index is 0.0440. The van der Waals surface area contributed by atoms with Crippen LogP contribution in [0.2, 0.25) is 0 Å². The Bertz CT molecular complexity index is 721. The number of ether oxygens (including phenoxy) is 2. The van der Waals surface area contributed by atoms with Crippen LogP contribution < -0.4 is 5.32 Å². The summed E-state index contributed by atoms with van der Waals surface area (Å²) in [6.45, 7) is 1.06. The fourth-order valence-electron chi connectivity index (χ4n) is 3.53. The fraction of sp³-hybridized carbons (Fsp3) is 0.421. The van der Waals surface area contributed by atoms with Crippen molar-refractivity contribution < 1.29 is 14.3 Å². The lowest BCUT2D eigenvalue weighted by molar-refractivity contribution is -0.161. The maximum Gasteiger partial charge on any atom is 0.251 e. The highest BCUT2D eigenvalue weighted by Crippen LogP contribution is 2.38. The number of carbonyl (C=O) groups excluding carboxylic acids is 1. The van der Waals surface area contributed by atoms with E-state index in [1.54, 1.807) is 0 Å². The first-order chi connectivity index (χ1) is 11.2. The SMILES string of the molecule is O=C(NCC1COC2(CCCC2)O1)c1ccc2ccccc2c1. The van der Waals surface area contributed by atoms with E-state index >= 15 is 0 Å². The lowest BCUT2D eigenvalue weighted by Gasteiger charge is -2.21. The molecule has 2 aliphatic rings. The normalized spacial score (nSPS) is 22.7. The van der Waals surface area contributed by atoms with Crippen LogP contribution in [-0.4, -0.2) is 30.9 Å². The first kappa shape index (κ1) is 14.7. The van der Waals surface area contributed by atoms with Gasteiger partial charge < -0.3 is 14.8 Å². The Morgan fingerprint density at radius 2 is 1.91 bits per heavy atom. The molecule has 1 spiro atoms. The van der Waals surface area contributed by atoms with Crippen molar-refractivity contribution in [2.24, 2.45) is 0 Å². The van der Waals surface area contributed by atoms with Gasteiger partial charge in [0.15, 0.2) is 5.79 Å². The second-order valence-electron chi connectivity index (χ2n) is 6.44. The van der Waals surface area contributed by atoms with Crippen molar-refractivity contribution in [2.75, 3.05) is 13.2 Å². The van der Waals surface area contributed by atoms with Crippen LogP contribution in [0.15, 0.2) is 42.5 Å². The molecule has 4 rings (SSSR count). The second kappa shape index (κ2) is 5.95. The molecule has 1 atom stereocenters. The van der Waals surface area contributed by atoms with Gasteiger partial charge in [-0.25, -0.2) is 0 Å². The monoisotopic (exact) mass is 311 g/mol. The van der Waals surface area contributed by atoms with Gasteiger partial charge >= 0.3 is 0 Å². The van der Waals surface area contributed by atoms with Gasteiger partial charge in [0.1, 0.15) is 6.10 Å². The summed E-state index contributed by atoms with van der Waals surface area (Å²) in [5.41, 5.74) is 0.679. The van der Waals surface area contributed by atoms with Crippen LogP contribution in [0.4, 0.5) is 0 Å². The lowest BCUT2D eigenvalue weighted by atomic mass is 10.1. The van der Waals surface area contributed by atoms with Gasteiger partial charge in [-0.15, -0.1) is 0 Å². The number of hydrogen-bond acceptors (Lipinski definition) is 3. The number of rotatable bonds is 3. The van der Waals surface area contributed by atoms with Gasteiger partial charge in [-0.2, -0.15) is 0 Å². The minimum atomic E-state index is -0.363. The average Bonchev–Trinajstić information content (AvgIpc) is 3.22. The van der Waals surface area contributed by atoms with Crippen molar-refractivity contribution >= 4 is 16.7 Å². The summed E-state index contributed by atoms with van der Waals surface area (Å²) < 4.78 is 11.9. The summed E-state index contributed by atoms with van der Waals surface area (Å²) in [6.07, 6.45) is 4.23. The van der Waals surface area contributed by atoms with E-state index in [-0.39, 0.29) is 17.8 Å². The van der Waals surface area contributed by atoms with E-state index in [9.17, 15) is 4.79 Å².